The highest BCUT2D eigenvalue weighted by molar-refractivity contribution is 5.92. The minimum Gasteiger partial charge on any atom is -0.326 e. The first-order chi connectivity index (χ1) is 7.71. The molecule has 0 bridgehead atoms. The Morgan fingerprint density at radius 1 is 1.29 bits per heavy atom. The Labute approximate surface area is 97.8 Å². The molecule has 0 saturated heterocycles. The maximum Gasteiger partial charge on any atom is 0.416 e. The zero-order valence-corrected chi connectivity index (χ0v) is 9.85. The number of hydrogen-bond donors (Lipinski definition) is 1. The first-order valence-corrected chi connectivity index (χ1v) is 5.20. The lowest BCUT2D eigenvalue weighted by atomic mass is 10.1. The van der Waals surface area contributed by atoms with Crippen molar-refractivity contribution in [2.24, 2.45) is 5.92 Å². The third-order valence-corrected chi connectivity index (χ3v) is 2.34. The van der Waals surface area contributed by atoms with Crippen molar-refractivity contribution in [1.29, 1.82) is 0 Å². The van der Waals surface area contributed by atoms with Gasteiger partial charge in [0.15, 0.2) is 0 Å². The number of anilines is 1. The number of carbonyl (C=O) groups excluding carboxylic acids is 1. The maximum absolute atomic E-state index is 12.4. The summed E-state index contributed by atoms with van der Waals surface area (Å²) < 4.78 is 37.2. The van der Waals surface area contributed by atoms with Gasteiger partial charge in [-0.25, -0.2) is 0 Å². The molecule has 0 saturated carbocycles. The van der Waals surface area contributed by atoms with Crippen LogP contribution < -0.4 is 5.32 Å². The van der Waals surface area contributed by atoms with Crippen LogP contribution >= 0.6 is 0 Å². The van der Waals surface area contributed by atoms with Gasteiger partial charge in [-0.1, -0.05) is 13.8 Å². The molecular formula is C12H14F3NO. The molecule has 1 aromatic carbocycles. The number of alkyl halides is 3. The first kappa shape index (κ1) is 13.5. The summed E-state index contributed by atoms with van der Waals surface area (Å²) >= 11 is 0. The minimum absolute atomic E-state index is 0.211. The molecular weight excluding hydrogens is 231 g/mol. The molecule has 1 aromatic rings. The van der Waals surface area contributed by atoms with Crippen LogP contribution in [0.2, 0.25) is 0 Å². The van der Waals surface area contributed by atoms with Gasteiger partial charge in [0, 0.05) is 11.6 Å². The molecule has 0 aliphatic carbocycles. The predicted octanol–water partition coefficient (Wildman–Crippen LogP) is 3.61. The molecule has 0 aliphatic heterocycles. The number of benzene rings is 1. The minimum atomic E-state index is -4.36. The van der Waals surface area contributed by atoms with E-state index in [0.717, 1.165) is 12.1 Å². The standard InChI is InChI=1S/C12H14F3NO/c1-7(2)11(17)16-10-5-4-9(6-8(10)3)12(13,14)15/h4-7H,1-3H3,(H,16,17). The highest BCUT2D eigenvalue weighted by Crippen LogP contribution is 2.31. The number of halogens is 3. The van der Waals surface area contributed by atoms with Crippen molar-refractivity contribution >= 4 is 11.6 Å². The van der Waals surface area contributed by atoms with Gasteiger partial charge in [0.2, 0.25) is 5.91 Å². The van der Waals surface area contributed by atoms with E-state index in [1.54, 1.807) is 13.8 Å². The molecule has 1 N–H and O–H groups in total. The summed E-state index contributed by atoms with van der Waals surface area (Å²) in [6.07, 6.45) is -4.36. The lowest BCUT2D eigenvalue weighted by molar-refractivity contribution is -0.137. The van der Waals surface area contributed by atoms with Crippen LogP contribution in [0.1, 0.15) is 25.0 Å². The molecule has 5 heteroatoms. The van der Waals surface area contributed by atoms with E-state index >= 15 is 0 Å². The summed E-state index contributed by atoms with van der Waals surface area (Å²) in [6.45, 7) is 4.97. The third-order valence-electron chi connectivity index (χ3n) is 2.34. The van der Waals surface area contributed by atoms with Crippen LogP contribution in [-0.4, -0.2) is 5.91 Å². The maximum atomic E-state index is 12.4. The zero-order chi connectivity index (χ0) is 13.2. The Hall–Kier alpha value is -1.52. The van der Waals surface area contributed by atoms with Crippen LogP contribution in [0.4, 0.5) is 18.9 Å². The van der Waals surface area contributed by atoms with E-state index in [2.05, 4.69) is 5.32 Å². The second-order valence-electron chi connectivity index (χ2n) is 4.17. The third kappa shape index (κ3) is 3.47. The van der Waals surface area contributed by atoms with Gasteiger partial charge < -0.3 is 5.32 Å². The van der Waals surface area contributed by atoms with Crippen molar-refractivity contribution < 1.29 is 18.0 Å². The number of rotatable bonds is 2. The zero-order valence-electron chi connectivity index (χ0n) is 9.85. The number of amides is 1. The topological polar surface area (TPSA) is 29.1 Å². The molecule has 0 unspecified atom stereocenters. The quantitative estimate of drug-likeness (QED) is 0.847. The van der Waals surface area contributed by atoms with Crippen LogP contribution in [0, 0.1) is 12.8 Å². The molecule has 0 radical (unpaired) electrons. The fourth-order valence-corrected chi connectivity index (χ4v) is 1.26. The fourth-order valence-electron chi connectivity index (χ4n) is 1.26. The van der Waals surface area contributed by atoms with Crippen LogP contribution in [-0.2, 0) is 11.0 Å². The largest absolute Gasteiger partial charge is 0.416 e. The Morgan fingerprint density at radius 2 is 1.88 bits per heavy atom. The Morgan fingerprint density at radius 3 is 2.29 bits per heavy atom. The van der Waals surface area contributed by atoms with Crippen molar-refractivity contribution in [3.63, 3.8) is 0 Å². The van der Waals surface area contributed by atoms with Crippen LogP contribution in [0.5, 0.6) is 0 Å². The molecule has 0 atom stereocenters. The van der Waals surface area contributed by atoms with Crippen LogP contribution in [0.3, 0.4) is 0 Å². The van der Waals surface area contributed by atoms with Crippen molar-refractivity contribution in [2.75, 3.05) is 5.32 Å². The Kier molecular flexibility index (Phi) is 3.80. The number of hydrogen-bond acceptors (Lipinski definition) is 1. The van der Waals surface area contributed by atoms with Crippen LogP contribution in [0.15, 0.2) is 18.2 Å². The molecule has 0 heterocycles. The van der Waals surface area contributed by atoms with E-state index in [1.807, 2.05) is 0 Å². The van der Waals surface area contributed by atoms with E-state index in [0.29, 0.717) is 11.3 Å². The number of aryl methyl sites for hydroxylation is 1. The van der Waals surface area contributed by atoms with Gasteiger partial charge >= 0.3 is 6.18 Å². The highest BCUT2D eigenvalue weighted by atomic mass is 19.4. The highest BCUT2D eigenvalue weighted by Gasteiger charge is 2.30. The molecule has 1 amide bonds. The number of carbonyl (C=O) groups is 1. The van der Waals surface area contributed by atoms with E-state index in [1.165, 1.54) is 13.0 Å². The van der Waals surface area contributed by atoms with Gasteiger partial charge in [0.1, 0.15) is 0 Å². The monoisotopic (exact) mass is 245 g/mol. The van der Waals surface area contributed by atoms with E-state index in [9.17, 15) is 18.0 Å². The molecule has 94 valence electrons. The van der Waals surface area contributed by atoms with Gasteiger partial charge in [-0.05, 0) is 30.7 Å². The molecule has 2 nitrogen and oxygen atoms in total. The Balaban J connectivity index is 2.95. The average molecular weight is 245 g/mol. The smallest absolute Gasteiger partial charge is 0.326 e. The van der Waals surface area contributed by atoms with Crippen molar-refractivity contribution in [2.45, 2.75) is 26.9 Å². The van der Waals surface area contributed by atoms with Gasteiger partial charge in [0.05, 0.1) is 5.56 Å². The van der Waals surface area contributed by atoms with E-state index in [-0.39, 0.29) is 11.8 Å². The SMILES string of the molecule is Cc1cc(C(F)(F)F)ccc1NC(=O)C(C)C. The van der Waals surface area contributed by atoms with Gasteiger partial charge in [-0.3, -0.25) is 4.79 Å². The molecule has 1 rings (SSSR count). The lowest BCUT2D eigenvalue weighted by Gasteiger charge is -2.13. The second kappa shape index (κ2) is 4.77. The first-order valence-electron chi connectivity index (χ1n) is 5.20. The molecule has 0 aliphatic rings. The number of nitrogens with one attached hydrogen (secondary N) is 1. The van der Waals surface area contributed by atoms with Gasteiger partial charge in [-0.2, -0.15) is 13.2 Å². The van der Waals surface area contributed by atoms with Crippen LogP contribution in [0.25, 0.3) is 0 Å². The van der Waals surface area contributed by atoms with E-state index < -0.39 is 11.7 Å². The fraction of sp³-hybridized carbons (Fsp3) is 0.417. The summed E-state index contributed by atoms with van der Waals surface area (Å²) in [5, 5.41) is 2.58. The summed E-state index contributed by atoms with van der Waals surface area (Å²) in [4.78, 5) is 11.4. The van der Waals surface area contributed by atoms with Crippen molar-refractivity contribution in [3.05, 3.63) is 29.3 Å². The van der Waals surface area contributed by atoms with Crippen molar-refractivity contribution in [1.82, 2.24) is 0 Å². The molecule has 0 fully saturated rings. The molecule has 0 spiro atoms. The lowest BCUT2D eigenvalue weighted by Crippen LogP contribution is -2.18. The Bertz CT molecular complexity index is 424. The normalized spacial score (nSPS) is 11.7. The predicted molar refractivity (Wildman–Crippen MR) is 59.6 cm³/mol. The summed E-state index contributed by atoms with van der Waals surface area (Å²) in [5.41, 5.74) is 0.100. The molecule has 17 heavy (non-hydrogen) atoms. The summed E-state index contributed by atoms with van der Waals surface area (Å²) in [6, 6.07) is 3.26. The summed E-state index contributed by atoms with van der Waals surface area (Å²) in [7, 11) is 0. The van der Waals surface area contributed by atoms with Gasteiger partial charge in [0.25, 0.3) is 0 Å². The van der Waals surface area contributed by atoms with Gasteiger partial charge in [-0.15, -0.1) is 0 Å². The molecule has 0 aromatic heterocycles. The average Bonchev–Trinajstić information content (AvgIpc) is 2.19. The summed E-state index contributed by atoms with van der Waals surface area (Å²) in [5.74, 6) is -0.426. The van der Waals surface area contributed by atoms with Crippen molar-refractivity contribution in [3.8, 4) is 0 Å². The van der Waals surface area contributed by atoms with E-state index in [4.69, 9.17) is 0 Å². The second-order valence-corrected chi connectivity index (χ2v) is 4.17.